The van der Waals surface area contributed by atoms with E-state index in [0.29, 0.717) is 6.04 Å². The summed E-state index contributed by atoms with van der Waals surface area (Å²) in [5.41, 5.74) is 0. The molecular formula is C17H31N5S. The number of aromatic nitrogens is 1. The van der Waals surface area contributed by atoms with Crippen molar-refractivity contribution in [3.05, 3.63) is 16.1 Å². The summed E-state index contributed by atoms with van der Waals surface area (Å²) in [4.78, 5) is 12.6. The first kappa shape index (κ1) is 18.2. The molecule has 1 aromatic rings. The Morgan fingerprint density at radius 1 is 1.43 bits per heavy atom. The lowest BCUT2D eigenvalue weighted by molar-refractivity contribution is 0.147. The molecule has 1 aromatic heterocycles. The van der Waals surface area contributed by atoms with Crippen molar-refractivity contribution in [2.45, 2.75) is 58.5 Å². The Labute approximate surface area is 144 Å². The molecule has 2 N–H and O–H groups in total. The van der Waals surface area contributed by atoms with Crippen LogP contribution < -0.4 is 10.6 Å². The van der Waals surface area contributed by atoms with Gasteiger partial charge < -0.3 is 10.6 Å². The van der Waals surface area contributed by atoms with E-state index in [1.165, 1.54) is 50.1 Å². The molecule has 0 spiro atoms. The zero-order valence-corrected chi connectivity index (χ0v) is 15.6. The molecule has 6 heteroatoms. The summed E-state index contributed by atoms with van der Waals surface area (Å²) in [6.07, 6.45) is 8.47. The second kappa shape index (κ2) is 9.88. The van der Waals surface area contributed by atoms with Crippen molar-refractivity contribution in [2.24, 2.45) is 4.99 Å². The number of guanidine groups is 1. The molecule has 5 nitrogen and oxygen atoms in total. The van der Waals surface area contributed by atoms with E-state index in [4.69, 9.17) is 0 Å². The van der Waals surface area contributed by atoms with Gasteiger partial charge >= 0.3 is 0 Å². The Bertz CT molecular complexity index is 485. The number of aliphatic imine (C=N–C) groups is 1. The van der Waals surface area contributed by atoms with Gasteiger partial charge in [0.15, 0.2) is 5.96 Å². The molecule has 0 aromatic carbocycles. The molecule has 0 amide bonds. The Balaban J connectivity index is 1.76. The van der Waals surface area contributed by atoms with Gasteiger partial charge in [-0.25, -0.2) is 4.98 Å². The fourth-order valence-corrected chi connectivity index (χ4v) is 3.75. The molecule has 0 saturated carbocycles. The zero-order valence-electron chi connectivity index (χ0n) is 14.8. The quantitative estimate of drug-likeness (QED) is 0.593. The lowest BCUT2D eigenvalue weighted by atomic mass is 10.0. The molecule has 1 fully saturated rings. The molecule has 0 bridgehead atoms. The van der Waals surface area contributed by atoms with Crippen LogP contribution in [-0.4, -0.2) is 48.6 Å². The monoisotopic (exact) mass is 337 g/mol. The average Bonchev–Trinajstić information content (AvgIpc) is 2.99. The van der Waals surface area contributed by atoms with Gasteiger partial charge in [0, 0.05) is 30.7 Å². The van der Waals surface area contributed by atoms with Crippen LogP contribution in [-0.2, 0) is 6.54 Å². The predicted octanol–water partition coefficient (Wildman–Crippen LogP) is 2.77. The fourth-order valence-electron chi connectivity index (χ4n) is 3.02. The highest BCUT2D eigenvalue weighted by Crippen LogP contribution is 2.17. The highest BCUT2D eigenvalue weighted by Gasteiger charge is 2.21. The van der Waals surface area contributed by atoms with Crippen molar-refractivity contribution in [2.75, 3.05) is 26.7 Å². The summed E-state index contributed by atoms with van der Waals surface area (Å²) in [5.74, 6) is 0.874. The van der Waals surface area contributed by atoms with Crippen LogP contribution >= 0.6 is 11.3 Å². The number of aryl methyl sites for hydroxylation is 1. The van der Waals surface area contributed by atoms with Gasteiger partial charge in [0.2, 0.25) is 0 Å². The standard InChI is InChI=1S/C17H31N5S/c1-4-5-9-22-10-7-6-8-15(22)12-20-17(18-3)21-13-16-19-11-14(2)23-16/h11,15H,4-10,12-13H2,1-3H3,(H2,18,20,21). The largest absolute Gasteiger partial charge is 0.355 e. The van der Waals surface area contributed by atoms with Crippen LogP contribution in [0.15, 0.2) is 11.2 Å². The molecule has 0 radical (unpaired) electrons. The summed E-state index contributed by atoms with van der Waals surface area (Å²) < 4.78 is 0. The predicted molar refractivity (Wildman–Crippen MR) is 99.2 cm³/mol. The molecule has 1 aliphatic rings. The highest BCUT2D eigenvalue weighted by atomic mass is 32.1. The SMILES string of the molecule is CCCCN1CCCCC1CNC(=NC)NCc1ncc(C)s1. The maximum absolute atomic E-state index is 4.38. The number of hydrogen-bond donors (Lipinski definition) is 2. The number of nitrogens with zero attached hydrogens (tertiary/aromatic N) is 3. The van der Waals surface area contributed by atoms with Crippen molar-refractivity contribution < 1.29 is 0 Å². The third kappa shape index (κ3) is 6.11. The maximum atomic E-state index is 4.38. The van der Waals surface area contributed by atoms with Gasteiger partial charge in [-0.05, 0) is 39.3 Å². The number of rotatable bonds is 7. The molecule has 2 rings (SSSR count). The first-order chi connectivity index (χ1) is 11.2. The van der Waals surface area contributed by atoms with Gasteiger partial charge in [-0.1, -0.05) is 19.8 Å². The summed E-state index contributed by atoms with van der Waals surface area (Å²) in [6.45, 7) is 8.54. The van der Waals surface area contributed by atoms with Crippen LogP contribution in [0.25, 0.3) is 0 Å². The van der Waals surface area contributed by atoms with Crippen LogP contribution in [0.4, 0.5) is 0 Å². The second-order valence-electron chi connectivity index (χ2n) is 6.21. The van der Waals surface area contributed by atoms with Crippen molar-refractivity contribution in [3.8, 4) is 0 Å². The summed E-state index contributed by atoms with van der Waals surface area (Å²) >= 11 is 1.73. The molecule has 1 unspecified atom stereocenters. The Hall–Kier alpha value is -1.14. The first-order valence-corrected chi connectivity index (χ1v) is 9.64. The van der Waals surface area contributed by atoms with Gasteiger partial charge in [-0.15, -0.1) is 11.3 Å². The van der Waals surface area contributed by atoms with Crippen molar-refractivity contribution in [3.63, 3.8) is 0 Å². The van der Waals surface area contributed by atoms with Gasteiger partial charge in [0.05, 0.1) is 6.54 Å². The summed E-state index contributed by atoms with van der Waals surface area (Å²) in [5, 5.41) is 7.97. The van der Waals surface area contributed by atoms with E-state index in [9.17, 15) is 0 Å². The maximum Gasteiger partial charge on any atom is 0.191 e. The minimum Gasteiger partial charge on any atom is -0.355 e. The van der Waals surface area contributed by atoms with Gasteiger partial charge in [0.25, 0.3) is 0 Å². The molecule has 1 atom stereocenters. The van der Waals surface area contributed by atoms with Crippen LogP contribution in [0.5, 0.6) is 0 Å². The summed E-state index contributed by atoms with van der Waals surface area (Å²) in [6, 6.07) is 0.635. The number of nitrogens with one attached hydrogen (secondary N) is 2. The normalized spacial score (nSPS) is 19.8. The van der Waals surface area contributed by atoms with E-state index in [1.807, 2.05) is 13.2 Å². The molecular weight excluding hydrogens is 306 g/mol. The van der Waals surface area contributed by atoms with Gasteiger partial charge in [0.1, 0.15) is 5.01 Å². The molecule has 130 valence electrons. The topological polar surface area (TPSA) is 52.5 Å². The molecule has 1 saturated heterocycles. The lowest BCUT2D eigenvalue weighted by Crippen LogP contribution is -2.49. The Kier molecular flexibility index (Phi) is 7.82. The van der Waals surface area contributed by atoms with Crippen molar-refractivity contribution in [1.29, 1.82) is 0 Å². The molecule has 0 aliphatic carbocycles. The smallest absolute Gasteiger partial charge is 0.191 e. The van der Waals surface area contributed by atoms with Crippen molar-refractivity contribution >= 4 is 17.3 Å². The number of unbranched alkanes of at least 4 members (excludes halogenated alkanes) is 1. The van der Waals surface area contributed by atoms with Gasteiger partial charge in [-0.3, -0.25) is 9.89 Å². The summed E-state index contributed by atoms with van der Waals surface area (Å²) in [7, 11) is 1.83. The Morgan fingerprint density at radius 3 is 3.00 bits per heavy atom. The third-order valence-corrected chi connectivity index (χ3v) is 5.27. The molecule has 2 heterocycles. The second-order valence-corrected chi connectivity index (χ2v) is 7.53. The number of piperidine rings is 1. The van der Waals surface area contributed by atoms with Crippen LogP contribution in [0, 0.1) is 6.92 Å². The zero-order chi connectivity index (χ0) is 16.5. The number of thiazole rings is 1. The lowest BCUT2D eigenvalue weighted by Gasteiger charge is -2.36. The highest BCUT2D eigenvalue weighted by molar-refractivity contribution is 7.11. The Morgan fingerprint density at radius 2 is 2.30 bits per heavy atom. The van der Waals surface area contributed by atoms with Crippen LogP contribution in [0.2, 0.25) is 0 Å². The van der Waals surface area contributed by atoms with Crippen LogP contribution in [0.1, 0.15) is 48.9 Å². The number of hydrogen-bond acceptors (Lipinski definition) is 4. The minimum atomic E-state index is 0.635. The number of likely N-dealkylation sites (tertiary alicyclic amines) is 1. The third-order valence-electron chi connectivity index (χ3n) is 4.35. The minimum absolute atomic E-state index is 0.635. The van der Waals surface area contributed by atoms with E-state index in [0.717, 1.165) is 24.1 Å². The molecule has 1 aliphatic heterocycles. The van der Waals surface area contributed by atoms with E-state index >= 15 is 0 Å². The van der Waals surface area contributed by atoms with E-state index in [2.05, 4.69) is 39.4 Å². The molecule has 23 heavy (non-hydrogen) atoms. The fraction of sp³-hybridized carbons (Fsp3) is 0.765. The van der Waals surface area contributed by atoms with Gasteiger partial charge in [-0.2, -0.15) is 0 Å². The van der Waals surface area contributed by atoms with Crippen LogP contribution in [0.3, 0.4) is 0 Å². The average molecular weight is 338 g/mol. The van der Waals surface area contributed by atoms with E-state index in [-0.39, 0.29) is 0 Å². The van der Waals surface area contributed by atoms with E-state index in [1.54, 1.807) is 11.3 Å². The first-order valence-electron chi connectivity index (χ1n) is 8.82. The van der Waals surface area contributed by atoms with Crippen molar-refractivity contribution in [1.82, 2.24) is 20.5 Å². The van der Waals surface area contributed by atoms with E-state index < -0.39 is 0 Å².